The summed E-state index contributed by atoms with van der Waals surface area (Å²) >= 11 is 0. The minimum Gasteiger partial charge on any atom is -0.483 e. The van der Waals surface area contributed by atoms with Crippen molar-refractivity contribution < 1.29 is 23.8 Å². The third kappa shape index (κ3) is 3.48. The first-order chi connectivity index (χ1) is 14.6. The van der Waals surface area contributed by atoms with Crippen molar-refractivity contribution in [3.05, 3.63) is 29.8 Å². The highest BCUT2D eigenvalue weighted by Gasteiger charge is 2.55. The van der Waals surface area contributed by atoms with Crippen LogP contribution in [-0.2, 0) is 19.1 Å². The quantitative estimate of drug-likeness (QED) is 0.703. The van der Waals surface area contributed by atoms with Crippen molar-refractivity contribution in [1.29, 1.82) is 0 Å². The van der Waals surface area contributed by atoms with Gasteiger partial charge in [-0.1, -0.05) is 18.2 Å². The van der Waals surface area contributed by atoms with Gasteiger partial charge in [0.05, 0.1) is 30.9 Å². The molecule has 1 saturated carbocycles. The number of benzene rings is 1. The van der Waals surface area contributed by atoms with Crippen molar-refractivity contribution in [2.24, 2.45) is 0 Å². The number of nitrogens with one attached hydrogen (secondary N) is 1. The molecule has 4 heterocycles. The highest BCUT2D eigenvalue weighted by atomic mass is 16.5. The smallest absolute Gasteiger partial charge is 0.261 e. The largest absolute Gasteiger partial charge is 0.483 e. The molecule has 2 bridgehead atoms. The average molecular weight is 415 g/mol. The topological polar surface area (TPSA) is 77.1 Å². The summed E-state index contributed by atoms with van der Waals surface area (Å²) in [7, 11) is 0. The van der Waals surface area contributed by atoms with Gasteiger partial charge in [0.1, 0.15) is 12.4 Å². The number of carbonyl (C=O) groups is 2. The van der Waals surface area contributed by atoms with Gasteiger partial charge < -0.3 is 24.4 Å². The zero-order valence-electron chi connectivity index (χ0n) is 17.5. The molecule has 1 spiro atoms. The van der Waals surface area contributed by atoms with Gasteiger partial charge in [0.15, 0.2) is 6.61 Å². The second kappa shape index (κ2) is 7.85. The fraction of sp³-hybridized carbons (Fsp3) is 0.652. The van der Waals surface area contributed by atoms with Gasteiger partial charge in [-0.05, 0) is 56.6 Å². The molecule has 7 heteroatoms. The van der Waals surface area contributed by atoms with Crippen LogP contribution in [0.5, 0.6) is 5.75 Å². The Morgan fingerprint density at radius 1 is 1.10 bits per heavy atom. The molecule has 7 nitrogen and oxygen atoms in total. The lowest BCUT2D eigenvalue weighted by atomic mass is 9.82. The molecule has 0 unspecified atom stereocenters. The van der Waals surface area contributed by atoms with Crippen molar-refractivity contribution in [1.82, 2.24) is 10.2 Å². The van der Waals surface area contributed by atoms with E-state index in [-0.39, 0.29) is 43.2 Å². The van der Waals surface area contributed by atoms with Crippen LogP contribution in [0.4, 0.5) is 0 Å². The lowest BCUT2D eigenvalue weighted by Crippen LogP contribution is -2.65. The molecule has 1 aromatic carbocycles. The maximum Gasteiger partial charge on any atom is 0.261 e. The molecule has 2 amide bonds. The first kappa shape index (κ1) is 19.8. The zero-order chi connectivity index (χ0) is 20.7. The first-order valence-electron chi connectivity index (χ1n) is 11.1. The van der Waals surface area contributed by atoms with E-state index in [1.807, 2.05) is 30.0 Å². The van der Waals surface area contributed by atoms with Gasteiger partial charge in [0.25, 0.3) is 5.91 Å². The zero-order valence-corrected chi connectivity index (χ0v) is 17.5. The maximum atomic E-state index is 13.3. The number of rotatable bonds is 0. The molecular weight excluding hydrogens is 384 g/mol. The summed E-state index contributed by atoms with van der Waals surface area (Å²) < 4.78 is 18.0. The van der Waals surface area contributed by atoms with Crippen molar-refractivity contribution >= 4 is 11.8 Å². The SMILES string of the molecule is C[C@@H]1C[C@]2(COCC(=O)N2)[C@H]2CO[C@H]3CC[C@H](CC3)c3ccccc3OCC(=O)N12. The summed E-state index contributed by atoms with van der Waals surface area (Å²) in [6.45, 7) is 2.89. The van der Waals surface area contributed by atoms with E-state index in [9.17, 15) is 9.59 Å². The summed E-state index contributed by atoms with van der Waals surface area (Å²) in [5.41, 5.74) is 0.595. The maximum absolute atomic E-state index is 13.3. The number of amides is 2. The third-order valence-corrected chi connectivity index (χ3v) is 7.25. The number of hydrogen-bond donors (Lipinski definition) is 1. The standard InChI is InChI=1S/C23H30N2O5/c1-15-10-23(14-28-12-21(26)24-23)20-11-29-17-8-6-16(7-9-17)18-4-2-3-5-19(18)30-13-22(27)25(15)20/h2-5,15-17,20H,6-14H2,1H3,(H,24,26)/t15-,16-,17+,20-,23+/m1/s1. The fourth-order valence-electron chi connectivity index (χ4n) is 5.89. The van der Waals surface area contributed by atoms with E-state index in [0.717, 1.165) is 31.4 Å². The lowest BCUT2D eigenvalue weighted by molar-refractivity contribution is -0.145. The van der Waals surface area contributed by atoms with Gasteiger partial charge in [-0.3, -0.25) is 9.59 Å². The summed E-state index contributed by atoms with van der Waals surface area (Å²) in [6.07, 6.45) is 4.92. The van der Waals surface area contributed by atoms with E-state index in [0.29, 0.717) is 25.6 Å². The normalized spacial score (nSPS) is 36.8. The predicted molar refractivity (Wildman–Crippen MR) is 109 cm³/mol. The number of carbonyl (C=O) groups excluding carboxylic acids is 2. The molecule has 2 saturated heterocycles. The Hall–Kier alpha value is -2.12. The van der Waals surface area contributed by atoms with E-state index in [1.54, 1.807) is 0 Å². The molecule has 3 fully saturated rings. The van der Waals surface area contributed by atoms with Crippen molar-refractivity contribution in [2.45, 2.75) is 68.7 Å². The van der Waals surface area contributed by atoms with Gasteiger partial charge in [0, 0.05) is 6.04 Å². The summed E-state index contributed by atoms with van der Waals surface area (Å²) in [5.74, 6) is 1.04. The van der Waals surface area contributed by atoms with Crippen LogP contribution < -0.4 is 10.1 Å². The minimum atomic E-state index is -0.598. The molecule has 5 aliphatic rings. The van der Waals surface area contributed by atoms with E-state index < -0.39 is 5.54 Å². The van der Waals surface area contributed by atoms with Crippen LogP contribution in [-0.4, -0.2) is 66.9 Å². The Morgan fingerprint density at radius 3 is 2.70 bits per heavy atom. The van der Waals surface area contributed by atoms with Crippen LogP contribution in [0.15, 0.2) is 24.3 Å². The monoisotopic (exact) mass is 414 g/mol. The van der Waals surface area contributed by atoms with Gasteiger partial charge in [-0.15, -0.1) is 0 Å². The lowest BCUT2D eigenvalue weighted by Gasteiger charge is -2.41. The Bertz CT molecular complexity index is 822. The Kier molecular flexibility index (Phi) is 5.19. The van der Waals surface area contributed by atoms with Crippen molar-refractivity contribution in [3.63, 3.8) is 0 Å². The summed E-state index contributed by atoms with van der Waals surface area (Å²) in [5, 5.41) is 3.15. The van der Waals surface area contributed by atoms with E-state index in [2.05, 4.69) is 11.4 Å². The fourth-order valence-corrected chi connectivity index (χ4v) is 5.89. The number of para-hydroxylation sites is 1. The number of ether oxygens (including phenoxy) is 3. The van der Waals surface area contributed by atoms with Crippen LogP contribution in [0, 0.1) is 0 Å². The highest BCUT2D eigenvalue weighted by molar-refractivity contribution is 5.81. The van der Waals surface area contributed by atoms with Crippen LogP contribution in [0.25, 0.3) is 0 Å². The molecule has 30 heavy (non-hydrogen) atoms. The second-order valence-corrected chi connectivity index (χ2v) is 9.20. The van der Waals surface area contributed by atoms with Gasteiger partial charge in [0.2, 0.25) is 5.91 Å². The molecule has 6 rings (SSSR count). The molecule has 0 aromatic heterocycles. The minimum absolute atomic E-state index is 0.0150. The van der Waals surface area contributed by atoms with Gasteiger partial charge in [-0.25, -0.2) is 0 Å². The third-order valence-electron chi connectivity index (χ3n) is 7.25. The Morgan fingerprint density at radius 2 is 1.90 bits per heavy atom. The summed E-state index contributed by atoms with van der Waals surface area (Å²) in [4.78, 5) is 27.3. The molecule has 1 aromatic rings. The number of hydrogen-bond acceptors (Lipinski definition) is 5. The van der Waals surface area contributed by atoms with Crippen molar-refractivity contribution in [3.8, 4) is 5.75 Å². The Labute approximate surface area is 177 Å². The van der Waals surface area contributed by atoms with Crippen LogP contribution in [0.1, 0.15) is 50.5 Å². The molecule has 1 aliphatic carbocycles. The second-order valence-electron chi connectivity index (χ2n) is 9.20. The van der Waals surface area contributed by atoms with E-state index in [4.69, 9.17) is 14.2 Å². The molecule has 3 atom stereocenters. The highest BCUT2D eigenvalue weighted by Crippen LogP contribution is 2.40. The van der Waals surface area contributed by atoms with Crippen LogP contribution in [0.3, 0.4) is 0 Å². The number of nitrogens with zero attached hydrogens (tertiary/aromatic N) is 1. The first-order valence-corrected chi connectivity index (χ1v) is 11.1. The van der Waals surface area contributed by atoms with Crippen LogP contribution in [0.2, 0.25) is 0 Å². The predicted octanol–water partition coefficient (Wildman–Crippen LogP) is 2.00. The average Bonchev–Trinajstić information content (AvgIpc) is 3.01. The number of morpholine rings is 1. The Balaban J connectivity index is 1.47. The molecule has 4 aliphatic heterocycles. The van der Waals surface area contributed by atoms with Gasteiger partial charge in [-0.2, -0.15) is 0 Å². The van der Waals surface area contributed by atoms with E-state index >= 15 is 0 Å². The van der Waals surface area contributed by atoms with Crippen molar-refractivity contribution in [2.75, 3.05) is 26.4 Å². The van der Waals surface area contributed by atoms with E-state index in [1.165, 1.54) is 5.56 Å². The molecule has 162 valence electrons. The number of fused-ring (bicyclic) bond motifs is 5. The molecule has 0 radical (unpaired) electrons. The molecule has 1 N–H and O–H groups in total. The van der Waals surface area contributed by atoms with Gasteiger partial charge >= 0.3 is 0 Å². The van der Waals surface area contributed by atoms with Crippen LogP contribution >= 0.6 is 0 Å². The molecular formula is C23H30N2O5. The summed E-state index contributed by atoms with van der Waals surface area (Å²) in [6, 6.07) is 7.79.